The van der Waals surface area contributed by atoms with E-state index in [1.807, 2.05) is 67.6 Å². The van der Waals surface area contributed by atoms with Crippen molar-refractivity contribution in [3.05, 3.63) is 71.8 Å². The highest BCUT2D eigenvalue weighted by Gasteiger charge is 2.38. The van der Waals surface area contributed by atoms with Gasteiger partial charge in [-0.25, -0.2) is 0 Å². The topological polar surface area (TPSA) is 69.1 Å². The molecule has 0 radical (unpaired) electrons. The summed E-state index contributed by atoms with van der Waals surface area (Å²) in [5, 5.41) is 0. The van der Waals surface area contributed by atoms with E-state index in [2.05, 4.69) is 0 Å². The summed E-state index contributed by atoms with van der Waals surface area (Å²) in [6, 6.07) is 18.7. The Balaban J connectivity index is 2.61. The molecule has 0 spiro atoms. The van der Waals surface area contributed by atoms with Gasteiger partial charge in [0.25, 0.3) is 0 Å². The number of nitrogens with two attached hydrogens (primary N) is 2. The summed E-state index contributed by atoms with van der Waals surface area (Å²) in [6.45, 7) is 1.95. The van der Waals surface area contributed by atoms with Crippen molar-refractivity contribution in [2.45, 2.75) is 18.4 Å². The van der Waals surface area contributed by atoms with E-state index in [1.54, 1.807) is 0 Å². The summed E-state index contributed by atoms with van der Waals surface area (Å²) in [5.74, 6) is -0.504. The Morgan fingerprint density at radius 2 is 1.32 bits per heavy atom. The monoisotopic (exact) mass is 254 g/mol. The SMILES string of the molecule is CC(c1ccccc1)(c1ccccc1)C(N)C(N)=O. The Labute approximate surface area is 113 Å². The van der Waals surface area contributed by atoms with E-state index < -0.39 is 17.4 Å². The fraction of sp³-hybridized carbons (Fsp3) is 0.188. The third-order valence-corrected chi connectivity index (χ3v) is 3.68. The molecule has 0 heterocycles. The minimum Gasteiger partial charge on any atom is -0.368 e. The largest absolute Gasteiger partial charge is 0.368 e. The van der Waals surface area contributed by atoms with Gasteiger partial charge in [0.1, 0.15) is 0 Å². The standard InChI is InChI=1S/C16H18N2O/c1-16(14(17)15(18)19,12-8-4-2-5-9-12)13-10-6-3-7-11-13/h2-11,14H,17H2,1H3,(H2,18,19). The van der Waals surface area contributed by atoms with Crippen molar-refractivity contribution in [3.8, 4) is 0 Å². The van der Waals surface area contributed by atoms with Crippen molar-refractivity contribution in [2.24, 2.45) is 11.5 Å². The Hall–Kier alpha value is -2.13. The van der Waals surface area contributed by atoms with Crippen molar-refractivity contribution < 1.29 is 4.79 Å². The molecule has 98 valence electrons. The van der Waals surface area contributed by atoms with E-state index in [0.717, 1.165) is 11.1 Å². The molecule has 2 aromatic carbocycles. The van der Waals surface area contributed by atoms with Gasteiger partial charge in [-0.3, -0.25) is 4.79 Å². The van der Waals surface area contributed by atoms with Crippen LogP contribution in [-0.2, 0) is 10.2 Å². The van der Waals surface area contributed by atoms with Gasteiger partial charge in [0.15, 0.2) is 0 Å². The predicted octanol–water partition coefficient (Wildman–Crippen LogP) is 1.81. The summed E-state index contributed by atoms with van der Waals surface area (Å²) < 4.78 is 0. The number of benzene rings is 2. The molecule has 1 amide bonds. The molecule has 0 aliphatic carbocycles. The first-order valence-corrected chi connectivity index (χ1v) is 6.22. The fourth-order valence-electron chi connectivity index (χ4n) is 2.38. The maximum Gasteiger partial charge on any atom is 0.235 e. The second kappa shape index (κ2) is 5.24. The summed E-state index contributed by atoms with van der Waals surface area (Å²) >= 11 is 0. The van der Waals surface area contributed by atoms with E-state index >= 15 is 0 Å². The zero-order chi connectivity index (χ0) is 13.9. The summed E-state index contributed by atoms with van der Waals surface area (Å²) in [5.41, 5.74) is 12.8. The first kappa shape index (κ1) is 13.3. The van der Waals surface area contributed by atoms with Crippen molar-refractivity contribution >= 4 is 5.91 Å². The number of amides is 1. The van der Waals surface area contributed by atoms with Crippen LogP contribution in [0.25, 0.3) is 0 Å². The summed E-state index contributed by atoms with van der Waals surface area (Å²) in [7, 11) is 0. The molecular weight excluding hydrogens is 236 g/mol. The van der Waals surface area contributed by atoms with Crippen LogP contribution >= 0.6 is 0 Å². The molecular formula is C16H18N2O. The molecule has 19 heavy (non-hydrogen) atoms. The number of primary amides is 1. The predicted molar refractivity (Wildman–Crippen MR) is 76.5 cm³/mol. The third-order valence-electron chi connectivity index (χ3n) is 3.68. The smallest absolute Gasteiger partial charge is 0.235 e. The molecule has 0 aliphatic heterocycles. The van der Waals surface area contributed by atoms with Gasteiger partial charge in [-0.2, -0.15) is 0 Å². The fourth-order valence-corrected chi connectivity index (χ4v) is 2.38. The lowest BCUT2D eigenvalue weighted by atomic mass is 9.70. The zero-order valence-electron chi connectivity index (χ0n) is 10.9. The van der Waals surface area contributed by atoms with Crippen LogP contribution in [0.5, 0.6) is 0 Å². The van der Waals surface area contributed by atoms with Crippen LogP contribution in [0.4, 0.5) is 0 Å². The molecule has 1 unspecified atom stereocenters. The molecule has 0 fully saturated rings. The van der Waals surface area contributed by atoms with Crippen LogP contribution in [0.3, 0.4) is 0 Å². The number of hydrogen-bond donors (Lipinski definition) is 2. The Kier molecular flexibility index (Phi) is 3.67. The van der Waals surface area contributed by atoms with Crippen LogP contribution in [0.2, 0.25) is 0 Å². The minimum absolute atomic E-state index is 0.504. The van der Waals surface area contributed by atoms with Gasteiger partial charge in [-0.05, 0) is 18.1 Å². The van der Waals surface area contributed by atoms with Crippen molar-refractivity contribution in [2.75, 3.05) is 0 Å². The normalized spacial score (nSPS) is 12.9. The van der Waals surface area contributed by atoms with Gasteiger partial charge in [0, 0.05) is 5.41 Å². The molecule has 0 aromatic heterocycles. The molecule has 2 rings (SSSR count). The van der Waals surface area contributed by atoms with Gasteiger partial charge in [0.05, 0.1) is 6.04 Å². The van der Waals surface area contributed by atoms with Crippen LogP contribution < -0.4 is 11.5 Å². The van der Waals surface area contributed by atoms with E-state index in [-0.39, 0.29) is 0 Å². The van der Waals surface area contributed by atoms with Gasteiger partial charge in [0.2, 0.25) is 5.91 Å². The lowest BCUT2D eigenvalue weighted by Crippen LogP contribution is -2.52. The highest BCUT2D eigenvalue weighted by atomic mass is 16.1. The average molecular weight is 254 g/mol. The molecule has 3 heteroatoms. The zero-order valence-corrected chi connectivity index (χ0v) is 10.9. The Bertz CT molecular complexity index is 512. The van der Waals surface area contributed by atoms with E-state index in [9.17, 15) is 4.79 Å². The van der Waals surface area contributed by atoms with Crippen LogP contribution in [-0.4, -0.2) is 11.9 Å². The van der Waals surface area contributed by atoms with Crippen LogP contribution in [0, 0.1) is 0 Å². The number of carbonyl (C=O) groups excluding carboxylic acids is 1. The lowest BCUT2D eigenvalue weighted by molar-refractivity contribution is -0.120. The average Bonchev–Trinajstić information content (AvgIpc) is 2.47. The van der Waals surface area contributed by atoms with E-state index in [1.165, 1.54) is 0 Å². The molecule has 0 saturated heterocycles. The first-order chi connectivity index (χ1) is 9.06. The number of hydrogen-bond acceptors (Lipinski definition) is 2. The third kappa shape index (κ3) is 2.37. The highest BCUT2D eigenvalue weighted by molar-refractivity contribution is 5.82. The Morgan fingerprint density at radius 1 is 0.947 bits per heavy atom. The molecule has 0 saturated carbocycles. The summed E-state index contributed by atoms with van der Waals surface area (Å²) in [6.07, 6.45) is 0. The molecule has 4 N–H and O–H groups in total. The molecule has 0 bridgehead atoms. The van der Waals surface area contributed by atoms with Crippen LogP contribution in [0.15, 0.2) is 60.7 Å². The Morgan fingerprint density at radius 3 is 1.63 bits per heavy atom. The van der Waals surface area contributed by atoms with Gasteiger partial charge >= 0.3 is 0 Å². The quantitative estimate of drug-likeness (QED) is 0.873. The molecule has 0 aliphatic rings. The van der Waals surface area contributed by atoms with E-state index in [0.29, 0.717) is 0 Å². The molecule has 2 aromatic rings. The number of carbonyl (C=O) groups is 1. The van der Waals surface area contributed by atoms with E-state index in [4.69, 9.17) is 11.5 Å². The molecule has 3 nitrogen and oxygen atoms in total. The first-order valence-electron chi connectivity index (χ1n) is 6.22. The van der Waals surface area contributed by atoms with Crippen molar-refractivity contribution in [1.82, 2.24) is 0 Å². The number of rotatable bonds is 4. The highest BCUT2D eigenvalue weighted by Crippen LogP contribution is 2.34. The van der Waals surface area contributed by atoms with Crippen molar-refractivity contribution in [1.29, 1.82) is 0 Å². The van der Waals surface area contributed by atoms with Gasteiger partial charge in [-0.15, -0.1) is 0 Å². The summed E-state index contributed by atoms with van der Waals surface area (Å²) in [4.78, 5) is 11.6. The second-order valence-electron chi connectivity index (χ2n) is 4.81. The van der Waals surface area contributed by atoms with Crippen molar-refractivity contribution in [3.63, 3.8) is 0 Å². The van der Waals surface area contributed by atoms with Crippen LogP contribution in [0.1, 0.15) is 18.1 Å². The van der Waals surface area contributed by atoms with Gasteiger partial charge in [-0.1, -0.05) is 60.7 Å². The van der Waals surface area contributed by atoms with Gasteiger partial charge < -0.3 is 11.5 Å². The maximum absolute atomic E-state index is 11.6. The maximum atomic E-state index is 11.6. The molecule has 1 atom stereocenters. The second-order valence-corrected chi connectivity index (χ2v) is 4.81. The lowest BCUT2D eigenvalue weighted by Gasteiger charge is -2.35. The minimum atomic E-state index is -0.780.